The molecule has 0 atom stereocenters. The lowest BCUT2D eigenvalue weighted by Crippen LogP contribution is -2.55. The van der Waals surface area contributed by atoms with E-state index in [2.05, 4.69) is 31.0 Å². The molecule has 3 aliphatic heterocycles. The maximum absolute atomic E-state index is 12.9. The van der Waals surface area contributed by atoms with Gasteiger partial charge < -0.3 is 15.1 Å². The highest BCUT2D eigenvalue weighted by molar-refractivity contribution is 6.09. The number of carbonyl (C=O) groups excluding carboxylic acids is 3. The van der Waals surface area contributed by atoms with Crippen LogP contribution in [0.3, 0.4) is 0 Å². The Morgan fingerprint density at radius 3 is 2.35 bits per heavy atom. The predicted molar refractivity (Wildman–Crippen MR) is 98.5 cm³/mol. The summed E-state index contributed by atoms with van der Waals surface area (Å²) < 4.78 is 0. The second-order valence-electron chi connectivity index (χ2n) is 8.66. The molecular weight excluding hydrogens is 332 g/mol. The predicted octanol–water partition coefficient (Wildman–Crippen LogP) is 1.29. The summed E-state index contributed by atoms with van der Waals surface area (Å²) >= 11 is 0. The summed E-state index contributed by atoms with van der Waals surface area (Å²) in [6.07, 6.45) is 3.22. The van der Waals surface area contributed by atoms with Crippen LogP contribution in [0.4, 0.5) is 4.79 Å². The molecule has 0 aromatic heterocycles. The third-order valence-corrected chi connectivity index (χ3v) is 6.01. The minimum Gasteiger partial charge on any atom is -0.341 e. The monoisotopic (exact) mass is 364 g/mol. The minimum absolute atomic E-state index is 0.116. The average Bonchev–Trinajstić information content (AvgIpc) is 2.81. The van der Waals surface area contributed by atoms with Crippen molar-refractivity contribution in [1.82, 2.24) is 20.0 Å². The molecule has 0 radical (unpaired) electrons. The molecule has 146 valence electrons. The normalized spacial score (nSPS) is 24.6. The fraction of sp³-hybridized carbons (Fsp3) is 0.842. The SMILES string of the molecule is CC(C)CN1CCC2(CC1)NC(=O)N(CC(=O)N1CCC(C)CC1)C2=O. The second-order valence-corrected chi connectivity index (χ2v) is 8.66. The standard InChI is InChI=1S/C19H32N4O3/c1-14(2)12-21-10-6-19(7-11-21)17(25)23(18(26)20-19)13-16(24)22-8-4-15(3)5-9-22/h14-15H,4-13H2,1-3H3,(H,20,26). The zero-order chi connectivity index (χ0) is 18.9. The van der Waals surface area contributed by atoms with Gasteiger partial charge in [-0.3, -0.25) is 14.5 Å². The molecule has 0 saturated carbocycles. The van der Waals surface area contributed by atoms with Crippen molar-refractivity contribution in [3.63, 3.8) is 0 Å². The Kier molecular flexibility index (Phi) is 5.55. The van der Waals surface area contributed by atoms with Gasteiger partial charge >= 0.3 is 6.03 Å². The van der Waals surface area contributed by atoms with Crippen LogP contribution in [0.25, 0.3) is 0 Å². The lowest BCUT2D eigenvalue weighted by molar-refractivity contribution is -0.140. The van der Waals surface area contributed by atoms with Crippen molar-refractivity contribution in [3.05, 3.63) is 0 Å². The number of carbonyl (C=O) groups is 3. The molecule has 0 aromatic carbocycles. The first kappa shape index (κ1) is 19.1. The summed E-state index contributed by atoms with van der Waals surface area (Å²) in [5.41, 5.74) is -0.804. The molecule has 3 rings (SSSR count). The first-order valence-corrected chi connectivity index (χ1v) is 9.95. The number of imide groups is 1. The van der Waals surface area contributed by atoms with E-state index in [1.54, 1.807) is 4.90 Å². The van der Waals surface area contributed by atoms with Crippen LogP contribution in [0.15, 0.2) is 0 Å². The molecule has 4 amide bonds. The quantitative estimate of drug-likeness (QED) is 0.763. The molecule has 3 heterocycles. The molecule has 7 nitrogen and oxygen atoms in total. The van der Waals surface area contributed by atoms with Crippen LogP contribution in [-0.2, 0) is 9.59 Å². The number of hydrogen-bond acceptors (Lipinski definition) is 4. The first-order chi connectivity index (χ1) is 12.3. The van der Waals surface area contributed by atoms with Crippen LogP contribution in [0.5, 0.6) is 0 Å². The van der Waals surface area contributed by atoms with Gasteiger partial charge in [-0.25, -0.2) is 4.79 Å². The minimum atomic E-state index is -0.804. The van der Waals surface area contributed by atoms with E-state index in [0.717, 1.165) is 50.5 Å². The summed E-state index contributed by atoms with van der Waals surface area (Å²) in [4.78, 5) is 43.2. The van der Waals surface area contributed by atoms with Gasteiger partial charge in [0.1, 0.15) is 12.1 Å². The van der Waals surface area contributed by atoms with E-state index in [1.807, 2.05) is 0 Å². The van der Waals surface area contributed by atoms with Gasteiger partial charge in [0.15, 0.2) is 0 Å². The Bertz CT molecular complexity index is 561. The van der Waals surface area contributed by atoms with Gasteiger partial charge in [0.05, 0.1) is 0 Å². The zero-order valence-electron chi connectivity index (χ0n) is 16.3. The summed E-state index contributed by atoms with van der Waals surface area (Å²) in [7, 11) is 0. The average molecular weight is 364 g/mol. The van der Waals surface area contributed by atoms with Gasteiger partial charge in [-0.1, -0.05) is 20.8 Å². The number of rotatable bonds is 4. The van der Waals surface area contributed by atoms with Crippen molar-refractivity contribution in [3.8, 4) is 0 Å². The number of nitrogens with zero attached hydrogens (tertiary/aromatic N) is 3. The summed E-state index contributed by atoms with van der Waals surface area (Å²) in [6, 6.07) is -0.411. The van der Waals surface area contributed by atoms with Crippen LogP contribution in [0.2, 0.25) is 0 Å². The Morgan fingerprint density at radius 1 is 1.15 bits per heavy atom. The van der Waals surface area contributed by atoms with Gasteiger partial charge in [-0.15, -0.1) is 0 Å². The lowest BCUT2D eigenvalue weighted by atomic mass is 9.87. The fourth-order valence-corrected chi connectivity index (χ4v) is 4.29. The number of hydrogen-bond donors (Lipinski definition) is 1. The highest BCUT2D eigenvalue weighted by Gasteiger charge is 2.52. The van der Waals surface area contributed by atoms with Crippen LogP contribution in [0.1, 0.15) is 46.5 Å². The zero-order valence-corrected chi connectivity index (χ0v) is 16.3. The topological polar surface area (TPSA) is 73.0 Å². The maximum Gasteiger partial charge on any atom is 0.325 e. The molecule has 1 N–H and O–H groups in total. The van der Waals surface area contributed by atoms with Crippen molar-refractivity contribution in [1.29, 1.82) is 0 Å². The lowest BCUT2D eigenvalue weighted by Gasteiger charge is -2.38. The van der Waals surface area contributed by atoms with E-state index in [0.29, 0.717) is 24.7 Å². The van der Waals surface area contributed by atoms with Gasteiger partial charge in [0, 0.05) is 32.7 Å². The van der Waals surface area contributed by atoms with Crippen LogP contribution in [0, 0.1) is 11.8 Å². The second kappa shape index (κ2) is 7.55. The number of likely N-dealkylation sites (tertiary alicyclic amines) is 2. The Morgan fingerprint density at radius 2 is 1.77 bits per heavy atom. The van der Waals surface area contributed by atoms with E-state index in [4.69, 9.17) is 0 Å². The van der Waals surface area contributed by atoms with E-state index >= 15 is 0 Å². The molecule has 3 saturated heterocycles. The first-order valence-electron chi connectivity index (χ1n) is 9.95. The molecule has 0 bridgehead atoms. The smallest absolute Gasteiger partial charge is 0.325 e. The van der Waals surface area contributed by atoms with Crippen molar-refractivity contribution in [2.45, 2.75) is 52.0 Å². The highest BCUT2D eigenvalue weighted by Crippen LogP contribution is 2.30. The van der Waals surface area contributed by atoms with E-state index in [1.165, 1.54) is 0 Å². The maximum atomic E-state index is 12.9. The van der Waals surface area contributed by atoms with Crippen molar-refractivity contribution in [2.75, 3.05) is 39.3 Å². The third-order valence-electron chi connectivity index (χ3n) is 6.01. The molecule has 0 aromatic rings. The van der Waals surface area contributed by atoms with Gasteiger partial charge in [-0.05, 0) is 37.5 Å². The Balaban J connectivity index is 1.58. The number of nitrogens with one attached hydrogen (secondary N) is 1. The van der Waals surface area contributed by atoms with Crippen LogP contribution < -0.4 is 5.32 Å². The highest BCUT2D eigenvalue weighted by atomic mass is 16.2. The summed E-state index contributed by atoms with van der Waals surface area (Å²) in [5.74, 6) is 0.884. The van der Waals surface area contributed by atoms with Crippen molar-refractivity contribution < 1.29 is 14.4 Å². The number of urea groups is 1. The van der Waals surface area contributed by atoms with E-state index in [9.17, 15) is 14.4 Å². The summed E-state index contributed by atoms with van der Waals surface area (Å²) in [5, 5.41) is 2.90. The Labute approximate surface area is 156 Å². The molecule has 3 fully saturated rings. The van der Waals surface area contributed by atoms with Gasteiger partial charge in [0.2, 0.25) is 5.91 Å². The van der Waals surface area contributed by atoms with Crippen molar-refractivity contribution in [2.24, 2.45) is 11.8 Å². The molecule has 26 heavy (non-hydrogen) atoms. The van der Waals surface area contributed by atoms with Crippen LogP contribution in [-0.4, -0.2) is 77.4 Å². The van der Waals surface area contributed by atoms with Gasteiger partial charge in [-0.2, -0.15) is 0 Å². The summed E-state index contributed by atoms with van der Waals surface area (Å²) in [6.45, 7) is 10.5. The molecular formula is C19H32N4O3. The molecule has 7 heteroatoms. The number of piperidine rings is 2. The third kappa shape index (κ3) is 3.87. The van der Waals surface area contributed by atoms with E-state index in [-0.39, 0.29) is 18.4 Å². The number of amides is 4. The van der Waals surface area contributed by atoms with Crippen molar-refractivity contribution >= 4 is 17.8 Å². The van der Waals surface area contributed by atoms with Crippen LogP contribution >= 0.6 is 0 Å². The molecule has 0 aliphatic carbocycles. The molecule has 0 unspecified atom stereocenters. The molecule has 3 aliphatic rings. The fourth-order valence-electron chi connectivity index (χ4n) is 4.29. The van der Waals surface area contributed by atoms with Gasteiger partial charge in [0.25, 0.3) is 5.91 Å². The Hall–Kier alpha value is -1.63. The molecule has 1 spiro atoms. The largest absolute Gasteiger partial charge is 0.341 e. The van der Waals surface area contributed by atoms with E-state index < -0.39 is 11.6 Å².